The third-order valence-electron chi connectivity index (χ3n) is 3.12. The summed E-state index contributed by atoms with van der Waals surface area (Å²) in [6, 6.07) is 0.231. The largest absolute Gasteiger partial charge is 0.337 e. The van der Waals surface area contributed by atoms with Crippen LogP contribution in [-0.4, -0.2) is 28.6 Å². The molecule has 0 aromatic carbocycles. The van der Waals surface area contributed by atoms with Crippen molar-refractivity contribution < 1.29 is 9.59 Å². The van der Waals surface area contributed by atoms with Crippen molar-refractivity contribution in [3.8, 4) is 0 Å². The SMILES string of the molecule is CCCCCC1CCC2=NC(=O)C(=O)N21. The van der Waals surface area contributed by atoms with Crippen molar-refractivity contribution >= 4 is 17.6 Å². The molecular weight excluding hydrogens is 192 g/mol. The maximum Gasteiger partial charge on any atom is 0.337 e. The van der Waals surface area contributed by atoms with Crippen LogP contribution in [0.5, 0.6) is 0 Å². The van der Waals surface area contributed by atoms with Crippen LogP contribution in [0.3, 0.4) is 0 Å². The molecular formula is C11H16N2O2. The standard InChI is InChI=1S/C11H16N2O2/c1-2-3-4-5-8-6-7-9-12-10(14)11(15)13(8)9/h8H,2-7H2,1H3. The second-order valence-electron chi connectivity index (χ2n) is 4.20. The van der Waals surface area contributed by atoms with Gasteiger partial charge in [-0.3, -0.25) is 14.5 Å². The summed E-state index contributed by atoms with van der Waals surface area (Å²) in [5.74, 6) is -0.291. The number of carbonyl (C=O) groups is 2. The summed E-state index contributed by atoms with van der Waals surface area (Å²) in [5, 5.41) is 0. The van der Waals surface area contributed by atoms with Crippen molar-refractivity contribution in [2.24, 2.45) is 4.99 Å². The summed E-state index contributed by atoms with van der Waals surface area (Å²) in [6.07, 6.45) is 6.27. The van der Waals surface area contributed by atoms with Crippen molar-refractivity contribution in [3.63, 3.8) is 0 Å². The second kappa shape index (κ2) is 4.13. The molecule has 0 bridgehead atoms. The van der Waals surface area contributed by atoms with E-state index in [1.165, 1.54) is 12.8 Å². The van der Waals surface area contributed by atoms with Crippen LogP contribution in [0.4, 0.5) is 0 Å². The van der Waals surface area contributed by atoms with Gasteiger partial charge in [-0.2, -0.15) is 4.99 Å². The molecule has 1 atom stereocenters. The molecule has 2 aliphatic heterocycles. The molecule has 2 amide bonds. The Hall–Kier alpha value is -1.19. The monoisotopic (exact) mass is 208 g/mol. The summed E-state index contributed by atoms with van der Waals surface area (Å²) in [7, 11) is 0. The number of nitrogens with zero attached hydrogens (tertiary/aromatic N) is 2. The maximum absolute atomic E-state index is 11.5. The van der Waals surface area contributed by atoms with Crippen LogP contribution in [-0.2, 0) is 9.59 Å². The van der Waals surface area contributed by atoms with Crippen LogP contribution in [0.15, 0.2) is 4.99 Å². The molecule has 2 rings (SSSR count). The fourth-order valence-electron chi connectivity index (χ4n) is 2.32. The Kier molecular flexibility index (Phi) is 2.84. The van der Waals surface area contributed by atoms with Gasteiger partial charge in [0.2, 0.25) is 0 Å². The zero-order valence-corrected chi connectivity index (χ0v) is 9.03. The van der Waals surface area contributed by atoms with E-state index in [1.807, 2.05) is 0 Å². The Morgan fingerprint density at radius 1 is 1.40 bits per heavy atom. The highest BCUT2D eigenvalue weighted by Crippen LogP contribution is 2.27. The Balaban J connectivity index is 1.96. The van der Waals surface area contributed by atoms with Crippen molar-refractivity contribution in [2.45, 2.75) is 51.5 Å². The van der Waals surface area contributed by atoms with E-state index in [1.54, 1.807) is 4.90 Å². The number of rotatable bonds is 4. The van der Waals surface area contributed by atoms with Crippen LogP contribution >= 0.6 is 0 Å². The maximum atomic E-state index is 11.5. The quantitative estimate of drug-likeness (QED) is 0.519. The van der Waals surface area contributed by atoms with Gasteiger partial charge in [0.25, 0.3) is 0 Å². The molecule has 0 aromatic rings. The highest BCUT2D eigenvalue weighted by molar-refractivity contribution is 6.44. The van der Waals surface area contributed by atoms with Gasteiger partial charge in [0.15, 0.2) is 0 Å². The molecule has 0 spiro atoms. The lowest BCUT2D eigenvalue weighted by atomic mass is 10.1. The van der Waals surface area contributed by atoms with Crippen LogP contribution in [0, 0.1) is 0 Å². The average molecular weight is 208 g/mol. The predicted molar refractivity (Wildman–Crippen MR) is 56.5 cm³/mol. The number of unbranched alkanes of at least 4 members (excludes halogenated alkanes) is 2. The Morgan fingerprint density at radius 3 is 2.93 bits per heavy atom. The molecule has 2 heterocycles. The Labute approximate surface area is 89.4 Å². The number of amidine groups is 1. The first-order valence-corrected chi connectivity index (χ1v) is 5.69. The van der Waals surface area contributed by atoms with E-state index in [4.69, 9.17) is 0 Å². The molecule has 2 aliphatic rings. The van der Waals surface area contributed by atoms with E-state index in [-0.39, 0.29) is 6.04 Å². The molecule has 0 radical (unpaired) electrons. The number of hydrogen-bond acceptors (Lipinski definition) is 2. The fourth-order valence-corrected chi connectivity index (χ4v) is 2.32. The van der Waals surface area contributed by atoms with Gasteiger partial charge in [-0.25, -0.2) is 0 Å². The molecule has 82 valence electrons. The minimum absolute atomic E-state index is 0.231. The molecule has 15 heavy (non-hydrogen) atoms. The topological polar surface area (TPSA) is 49.7 Å². The average Bonchev–Trinajstić information content (AvgIpc) is 2.71. The van der Waals surface area contributed by atoms with Crippen LogP contribution in [0.25, 0.3) is 0 Å². The molecule has 4 nitrogen and oxygen atoms in total. The Bertz CT molecular complexity index is 323. The highest BCUT2D eigenvalue weighted by Gasteiger charge is 2.41. The first-order chi connectivity index (χ1) is 7.24. The first-order valence-electron chi connectivity index (χ1n) is 5.69. The van der Waals surface area contributed by atoms with E-state index < -0.39 is 11.8 Å². The molecule has 1 fully saturated rings. The van der Waals surface area contributed by atoms with Gasteiger partial charge in [-0.05, 0) is 12.8 Å². The van der Waals surface area contributed by atoms with Crippen molar-refractivity contribution in [1.29, 1.82) is 0 Å². The van der Waals surface area contributed by atoms with Gasteiger partial charge in [-0.1, -0.05) is 26.2 Å². The van der Waals surface area contributed by atoms with Gasteiger partial charge in [0.1, 0.15) is 5.84 Å². The lowest BCUT2D eigenvalue weighted by molar-refractivity contribution is -0.140. The van der Waals surface area contributed by atoms with Gasteiger partial charge in [0, 0.05) is 12.5 Å². The molecule has 0 N–H and O–H groups in total. The van der Waals surface area contributed by atoms with Crippen molar-refractivity contribution in [1.82, 2.24) is 4.90 Å². The fraction of sp³-hybridized carbons (Fsp3) is 0.727. The summed E-state index contributed by atoms with van der Waals surface area (Å²) in [6.45, 7) is 2.16. The van der Waals surface area contributed by atoms with Gasteiger partial charge in [-0.15, -0.1) is 0 Å². The number of hydrogen-bond donors (Lipinski definition) is 0. The van der Waals surface area contributed by atoms with E-state index in [9.17, 15) is 9.59 Å². The summed E-state index contributed by atoms with van der Waals surface area (Å²) in [5.41, 5.74) is 0. The van der Waals surface area contributed by atoms with Crippen LogP contribution in [0.1, 0.15) is 45.4 Å². The molecule has 0 aromatic heterocycles. The molecule has 4 heteroatoms. The summed E-state index contributed by atoms with van der Waals surface area (Å²) < 4.78 is 0. The molecule has 1 unspecified atom stereocenters. The molecule has 0 aliphatic carbocycles. The summed E-state index contributed by atoms with van der Waals surface area (Å²) >= 11 is 0. The third-order valence-corrected chi connectivity index (χ3v) is 3.12. The smallest absolute Gasteiger partial charge is 0.289 e. The minimum atomic E-state index is -0.579. The lowest BCUT2D eigenvalue weighted by Gasteiger charge is -2.19. The zero-order valence-electron chi connectivity index (χ0n) is 9.03. The predicted octanol–water partition coefficient (Wildman–Crippen LogP) is 1.50. The van der Waals surface area contributed by atoms with Crippen molar-refractivity contribution in [2.75, 3.05) is 0 Å². The lowest BCUT2D eigenvalue weighted by Crippen LogP contribution is -2.36. The van der Waals surface area contributed by atoms with E-state index in [0.717, 1.165) is 25.7 Å². The number of fused-ring (bicyclic) bond motifs is 1. The highest BCUT2D eigenvalue weighted by atomic mass is 16.2. The van der Waals surface area contributed by atoms with Gasteiger partial charge >= 0.3 is 11.8 Å². The van der Waals surface area contributed by atoms with Crippen LogP contribution < -0.4 is 0 Å². The first kappa shape index (κ1) is 10.3. The minimum Gasteiger partial charge on any atom is -0.289 e. The van der Waals surface area contributed by atoms with E-state index in [0.29, 0.717) is 5.84 Å². The van der Waals surface area contributed by atoms with Gasteiger partial charge < -0.3 is 0 Å². The van der Waals surface area contributed by atoms with Gasteiger partial charge in [0.05, 0.1) is 0 Å². The second-order valence-corrected chi connectivity index (χ2v) is 4.20. The molecule has 1 saturated heterocycles. The number of aliphatic imine (C=N–C) groups is 1. The van der Waals surface area contributed by atoms with E-state index >= 15 is 0 Å². The number of amides is 2. The molecule has 0 saturated carbocycles. The zero-order chi connectivity index (χ0) is 10.8. The number of carbonyl (C=O) groups excluding carboxylic acids is 2. The summed E-state index contributed by atoms with van der Waals surface area (Å²) in [4.78, 5) is 28.0. The van der Waals surface area contributed by atoms with Crippen LogP contribution in [0.2, 0.25) is 0 Å². The normalized spacial score (nSPS) is 24.7. The Morgan fingerprint density at radius 2 is 2.20 bits per heavy atom. The van der Waals surface area contributed by atoms with E-state index in [2.05, 4.69) is 11.9 Å². The van der Waals surface area contributed by atoms with Crippen molar-refractivity contribution in [3.05, 3.63) is 0 Å². The third kappa shape index (κ3) is 1.80.